The number of quaternary nitrogens is 1. The summed E-state index contributed by atoms with van der Waals surface area (Å²) in [5.74, 6) is 0. The first-order valence-electron chi connectivity index (χ1n) is 3.58. The highest BCUT2D eigenvalue weighted by molar-refractivity contribution is 4.49. The third kappa shape index (κ3) is 3.37. The van der Waals surface area contributed by atoms with Gasteiger partial charge in [-0.2, -0.15) is 0 Å². The molecule has 3 N–H and O–H groups in total. The molecule has 0 aromatic carbocycles. The molecule has 1 rings (SSSR count). The lowest BCUT2D eigenvalue weighted by molar-refractivity contribution is -0.902. The molecule has 0 bridgehead atoms. The zero-order valence-electron chi connectivity index (χ0n) is 6.07. The number of hydrogen-bond donors (Lipinski definition) is 3. The molecule has 1 aliphatic rings. The van der Waals surface area contributed by atoms with Crippen LogP contribution in [0.15, 0.2) is 0 Å². The quantitative estimate of drug-likeness (QED) is 0.383. The summed E-state index contributed by atoms with van der Waals surface area (Å²) in [5.41, 5.74) is 0. The van der Waals surface area contributed by atoms with Crippen molar-refractivity contribution in [1.82, 2.24) is 5.32 Å². The number of hydrogen-bond acceptors (Lipinski definition) is 2. The fourth-order valence-corrected chi connectivity index (χ4v) is 1.19. The van der Waals surface area contributed by atoms with E-state index in [2.05, 4.69) is 5.32 Å². The number of aliphatic hydroxyl groups excluding tert-OH is 1. The van der Waals surface area contributed by atoms with Crippen molar-refractivity contribution < 1.29 is 22.4 Å². The van der Waals surface area contributed by atoms with Crippen molar-refractivity contribution in [2.45, 2.75) is 0 Å². The van der Waals surface area contributed by atoms with E-state index in [-0.39, 0.29) is 12.4 Å². The van der Waals surface area contributed by atoms with E-state index in [1.165, 1.54) is 18.0 Å². The monoisotopic (exact) mass is 166 g/mol. The van der Waals surface area contributed by atoms with Crippen LogP contribution >= 0.6 is 0 Å². The summed E-state index contributed by atoms with van der Waals surface area (Å²) in [6.07, 6.45) is 0. The molecule has 0 aromatic heterocycles. The van der Waals surface area contributed by atoms with E-state index in [0.29, 0.717) is 6.61 Å². The Balaban J connectivity index is 0.000000810. The van der Waals surface area contributed by atoms with E-state index in [0.717, 1.165) is 19.6 Å². The Morgan fingerprint density at radius 1 is 1.30 bits per heavy atom. The minimum Gasteiger partial charge on any atom is -1.00 e. The van der Waals surface area contributed by atoms with Crippen molar-refractivity contribution >= 4 is 0 Å². The van der Waals surface area contributed by atoms with Crippen LogP contribution < -0.4 is 22.6 Å². The summed E-state index contributed by atoms with van der Waals surface area (Å²) in [4.78, 5) is 1.52. The molecule has 62 valence electrons. The van der Waals surface area contributed by atoms with Crippen molar-refractivity contribution in [1.29, 1.82) is 0 Å². The fourth-order valence-electron chi connectivity index (χ4n) is 1.19. The van der Waals surface area contributed by atoms with Gasteiger partial charge in [0.1, 0.15) is 6.54 Å². The van der Waals surface area contributed by atoms with Crippen LogP contribution in [-0.2, 0) is 0 Å². The number of piperazine rings is 1. The SMILES string of the molecule is OCC[NH+]1CCNCC1.[Cl-]. The number of rotatable bonds is 2. The van der Waals surface area contributed by atoms with Gasteiger partial charge in [-0.25, -0.2) is 0 Å². The van der Waals surface area contributed by atoms with E-state index in [1.54, 1.807) is 0 Å². The van der Waals surface area contributed by atoms with Gasteiger partial charge in [0, 0.05) is 13.1 Å². The minimum absolute atomic E-state index is 0. The molecule has 0 aliphatic carbocycles. The molecule has 0 spiro atoms. The molecule has 0 aromatic rings. The molecule has 4 heteroatoms. The Kier molecular flexibility index (Phi) is 6.02. The van der Waals surface area contributed by atoms with Gasteiger partial charge in [0.2, 0.25) is 0 Å². The highest BCUT2D eigenvalue weighted by atomic mass is 35.5. The van der Waals surface area contributed by atoms with Gasteiger partial charge >= 0.3 is 0 Å². The first-order valence-corrected chi connectivity index (χ1v) is 3.58. The van der Waals surface area contributed by atoms with Crippen LogP contribution in [-0.4, -0.2) is 44.4 Å². The zero-order chi connectivity index (χ0) is 6.53. The van der Waals surface area contributed by atoms with Gasteiger partial charge in [-0.1, -0.05) is 0 Å². The molecule has 1 heterocycles. The van der Waals surface area contributed by atoms with E-state index in [1.807, 2.05) is 0 Å². The van der Waals surface area contributed by atoms with E-state index >= 15 is 0 Å². The average Bonchev–Trinajstić information content (AvgIpc) is 1.91. The predicted molar refractivity (Wildman–Crippen MR) is 35.5 cm³/mol. The molecular weight excluding hydrogens is 152 g/mol. The lowest BCUT2D eigenvalue weighted by Crippen LogP contribution is -3.15. The molecule has 1 fully saturated rings. The van der Waals surface area contributed by atoms with Crippen LogP contribution in [0, 0.1) is 0 Å². The van der Waals surface area contributed by atoms with Crippen LogP contribution in [0.2, 0.25) is 0 Å². The zero-order valence-corrected chi connectivity index (χ0v) is 6.82. The predicted octanol–water partition coefficient (Wildman–Crippen LogP) is -5.53. The largest absolute Gasteiger partial charge is 1.00 e. The van der Waals surface area contributed by atoms with Crippen LogP contribution in [0.1, 0.15) is 0 Å². The third-order valence-electron chi connectivity index (χ3n) is 1.78. The summed E-state index contributed by atoms with van der Waals surface area (Å²) in [6.45, 7) is 5.79. The van der Waals surface area contributed by atoms with Crippen LogP contribution in [0.4, 0.5) is 0 Å². The van der Waals surface area contributed by atoms with Crippen molar-refractivity contribution in [2.24, 2.45) is 0 Å². The second-order valence-corrected chi connectivity index (χ2v) is 2.47. The summed E-state index contributed by atoms with van der Waals surface area (Å²) < 4.78 is 0. The summed E-state index contributed by atoms with van der Waals surface area (Å²) >= 11 is 0. The van der Waals surface area contributed by atoms with E-state index in [4.69, 9.17) is 5.11 Å². The summed E-state index contributed by atoms with van der Waals surface area (Å²) in [6, 6.07) is 0. The number of aliphatic hydroxyl groups is 1. The van der Waals surface area contributed by atoms with Crippen molar-refractivity contribution in [3.8, 4) is 0 Å². The smallest absolute Gasteiger partial charge is 0.101 e. The Morgan fingerprint density at radius 3 is 2.40 bits per heavy atom. The molecule has 1 saturated heterocycles. The van der Waals surface area contributed by atoms with Crippen LogP contribution in [0.5, 0.6) is 0 Å². The van der Waals surface area contributed by atoms with Gasteiger partial charge in [0.15, 0.2) is 0 Å². The molecule has 10 heavy (non-hydrogen) atoms. The highest BCUT2D eigenvalue weighted by Gasteiger charge is 2.10. The van der Waals surface area contributed by atoms with Gasteiger partial charge < -0.3 is 27.7 Å². The Bertz CT molecular complexity index is 73.4. The molecule has 0 amide bonds. The molecule has 1 aliphatic heterocycles. The van der Waals surface area contributed by atoms with Gasteiger partial charge in [-0.15, -0.1) is 0 Å². The molecule has 0 saturated carbocycles. The maximum atomic E-state index is 8.58. The lowest BCUT2D eigenvalue weighted by Gasteiger charge is -2.23. The van der Waals surface area contributed by atoms with Crippen LogP contribution in [0.3, 0.4) is 0 Å². The van der Waals surface area contributed by atoms with Crippen molar-refractivity contribution in [3.63, 3.8) is 0 Å². The highest BCUT2D eigenvalue weighted by Crippen LogP contribution is 1.62. The van der Waals surface area contributed by atoms with Gasteiger partial charge in [0.25, 0.3) is 0 Å². The van der Waals surface area contributed by atoms with Crippen LogP contribution in [0.25, 0.3) is 0 Å². The standard InChI is InChI=1S/C6H14N2O.ClH/c9-6-5-8-3-1-7-2-4-8;/h7,9H,1-6H2;1H. The van der Waals surface area contributed by atoms with Gasteiger partial charge in [-0.3, -0.25) is 0 Å². The second kappa shape index (κ2) is 5.92. The van der Waals surface area contributed by atoms with Gasteiger partial charge in [0.05, 0.1) is 19.7 Å². The van der Waals surface area contributed by atoms with Crippen molar-refractivity contribution in [2.75, 3.05) is 39.3 Å². The number of nitrogens with one attached hydrogen (secondary N) is 2. The topological polar surface area (TPSA) is 36.7 Å². The summed E-state index contributed by atoms with van der Waals surface area (Å²) in [5, 5.41) is 11.8. The molecular formula is C6H15ClN2O. The number of halogens is 1. The fraction of sp³-hybridized carbons (Fsp3) is 1.00. The first kappa shape index (κ1) is 10.2. The lowest BCUT2D eigenvalue weighted by atomic mass is 10.4. The normalized spacial score (nSPS) is 20.1. The Labute approximate surface area is 67.8 Å². The minimum atomic E-state index is 0. The molecule has 0 atom stereocenters. The van der Waals surface area contributed by atoms with E-state index < -0.39 is 0 Å². The second-order valence-electron chi connectivity index (χ2n) is 2.47. The third-order valence-corrected chi connectivity index (χ3v) is 1.78. The maximum Gasteiger partial charge on any atom is 0.101 e. The van der Waals surface area contributed by atoms with Crippen molar-refractivity contribution in [3.05, 3.63) is 0 Å². The van der Waals surface area contributed by atoms with Gasteiger partial charge in [-0.05, 0) is 0 Å². The first-order chi connectivity index (χ1) is 4.43. The Morgan fingerprint density at radius 2 is 1.90 bits per heavy atom. The summed E-state index contributed by atoms with van der Waals surface area (Å²) in [7, 11) is 0. The molecule has 3 nitrogen and oxygen atoms in total. The van der Waals surface area contributed by atoms with E-state index in [9.17, 15) is 0 Å². The molecule has 0 radical (unpaired) electrons. The maximum absolute atomic E-state index is 8.58. The molecule has 0 unspecified atom stereocenters. The Hall–Kier alpha value is 0.170. The average molecular weight is 167 g/mol.